The van der Waals surface area contributed by atoms with Crippen LogP contribution < -0.4 is 15.6 Å². The fraction of sp³-hybridized carbons (Fsp3) is 0.385. The maximum absolute atomic E-state index is 13.7. The number of hydrogen-bond donors (Lipinski definition) is 1. The van der Waals surface area contributed by atoms with E-state index in [0.29, 0.717) is 42.5 Å². The highest BCUT2D eigenvalue weighted by Crippen LogP contribution is 2.36. The van der Waals surface area contributed by atoms with E-state index >= 15 is 0 Å². The van der Waals surface area contributed by atoms with Crippen LogP contribution in [-0.4, -0.2) is 33.7 Å². The zero-order chi connectivity index (χ0) is 24.4. The van der Waals surface area contributed by atoms with Crippen LogP contribution in [0.4, 0.5) is 5.69 Å². The Morgan fingerprint density at radius 2 is 1.94 bits per heavy atom. The Balaban J connectivity index is 1.81. The Labute approximate surface area is 199 Å². The van der Waals surface area contributed by atoms with E-state index in [0.717, 1.165) is 22.4 Å². The molecule has 2 atom stereocenters. The van der Waals surface area contributed by atoms with Crippen LogP contribution in [0, 0.1) is 6.92 Å². The molecule has 1 aromatic carbocycles. The highest BCUT2D eigenvalue weighted by Gasteiger charge is 2.36. The van der Waals surface area contributed by atoms with Gasteiger partial charge in [0.25, 0.3) is 5.56 Å². The van der Waals surface area contributed by atoms with Crippen LogP contribution in [0.25, 0.3) is 11.4 Å². The first kappa shape index (κ1) is 23.5. The third kappa shape index (κ3) is 4.27. The lowest BCUT2D eigenvalue weighted by atomic mass is 10.1. The summed E-state index contributed by atoms with van der Waals surface area (Å²) in [6.07, 6.45) is 0.755. The molecule has 1 aliphatic rings. The second-order valence-electron chi connectivity index (χ2n) is 8.32. The van der Waals surface area contributed by atoms with E-state index in [1.807, 2.05) is 51.1 Å². The molecule has 8 nitrogen and oxygen atoms in total. The molecule has 1 N–H and O–H groups in total. The van der Waals surface area contributed by atoms with Crippen LogP contribution in [0.15, 0.2) is 41.2 Å². The maximum Gasteiger partial charge on any atom is 0.302 e. The minimum atomic E-state index is -0.401. The van der Waals surface area contributed by atoms with Gasteiger partial charge in [-0.3, -0.25) is 14.2 Å². The third-order valence-electron chi connectivity index (χ3n) is 6.21. The molecule has 0 fully saturated rings. The average Bonchev–Trinajstić information content (AvgIpc) is 3.16. The summed E-state index contributed by atoms with van der Waals surface area (Å²) in [5.41, 5.74) is 4.57. The molecule has 0 saturated heterocycles. The number of aromatic nitrogens is 3. The standard InChI is InChI=1S/C26H30N4O4/c1-6-20-24(29-23-19-11-9-8-10-17(19)14-21(23)34-16(4)31)26(32)30(7-2)25(28-20)18-12-13-22(33-5)27-15(18)3/h8-13,21,23,29H,6-7,14H2,1-5H3/t21-,23-/m0/s1. The summed E-state index contributed by atoms with van der Waals surface area (Å²) in [4.78, 5) is 34.9. The first-order valence-corrected chi connectivity index (χ1v) is 11.5. The summed E-state index contributed by atoms with van der Waals surface area (Å²) in [6, 6.07) is 11.3. The van der Waals surface area contributed by atoms with Crippen LogP contribution in [-0.2, 0) is 28.9 Å². The molecule has 4 rings (SSSR count). The number of carbonyl (C=O) groups is 1. The monoisotopic (exact) mass is 462 g/mol. The van der Waals surface area contributed by atoms with Crippen molar-refractivity contribution in [1.29, 1.82) is 0 Å². The summed E-state index contributed by atoms with van der Waals surface area (Å²) >= 11 is 0. The van der Waals surface area contributed by atoms with Crippen LogP contribution in [0.5, 0.6) is 5.88 Å². The topological polar surface area (TPSA) is 95.3 Å². The minimum absolute atomic E-state index is 0.162. The first-order valence-electron chi connectivity index (χ1n) is 11.5. The molecule has 0 radical (unpaired) electrons. The van der Waals surface area contributed by atoms with Crippen molar-refractivity contribution in [1.82, 2.24) is 14.5 Å². The van der Waals surface area contributed by atoms with Crippen molar-refractivity contribution in [2.75, 3.05) is 12.4 Å². The van der Waals surface area contributed by atoms with Crippen molar-refractivity contribution < 1.29 is 14.3 Å². The fourth-order valence-corrected chi connectivity index (χ4v) is 4.59. The average molecular weight is 463 g/mol. The van der Waals surface area contributed by atoms with Gasteiger partial charge in [0, 0.05) is 31.5 Å². The number of nitrogens with one attached hydrogen (secondary N) is 1. The highest BCUT2D eigenvalue weighted by molar-refractivity contribution is 5.67. The minimum Gasteiger partial charge on any atom is -0.481 e. The third-order valence-corrected chi connectivity index (χ3v) is 6.21. The Morgan fingerprint density at radius 1 is 1.18 bits per heavy atom. The van der Waals surface area contributed by atoms with Crippen molar-refractivity contribution in [3.63, 3.8) is 0 Å². The largest absolute Gasteiger partial charge is 0.481 e. The molecule has 3 aromatic rings. The van der Waals surface area contributed by atoms with E-state index < -0.39 is 6.10 Å². The van der Waals surface area contributed by atoms with Gasteiger partial charge in [-0.25, -0.2) is 9.97 Å². The number of anilines is 1. The van der Waals surface area contributed by atoms with E-state index in [9.17, 15) is 9.59 Å². The summed E-state index contributed by atoms with van der Waals surface area (Å²) < 4.78 is 12.5. The number of esters is 1. The summed E-state index contributed by atoms with van der Waals surface area (Å²) in [6.45, 7) is 7.61. The smallest absolute Gasteiger partial charge is 0.302 e. The van der Waals surface area contributed by atoms with Crippen LogP contribution in [0.3, 0.4) is 0 Å². The molecule has 2 heterocycles. The number of methoxy groups -OCH3 is 1. The predicted molar refractivity (Wildman–Crippen MR) is 130 cm³/mol. The van der Waals surface area contributed by atoms with Gasteiger partial charge in [0.05, 0.1) is 24.5 Å². The van der Waals surface area contributed by atoms with Gasteiger partial charge < -0.3 is 14.8 Å². The van der Waals surface area contributed by atoms with E-state index in [2.05, 4.69) is 10.3 Å². The number of fused-ring (bicyclic) bond motifs is 1. The lowest BCUT2D eigenvalue weighted by molar-refractivity contribution is -0.146. The van der Waals surface area contributed by atoms with Crippen molar-refractivity contribution in [2.24, 2.45) is 0 Å². The number of benzene rings is 1. The van der Waals surface area contributed by atoms with Gasteiger partial charge in [0.2, 0.25) is 5.88 Å². The van der Waals surface area contributed by atoms with Crippen molar-refractivity contribution in [3.05, 3.63) is 69.3 Å². The number of rotatable bonds is 7. The molecule has 34 heavy (non-hydrogen) atoms. The van der Waals surface area contributed by atoms with Gasteiger partial charge in [-0.1, -0.05) is 31.2 Å². The number of nitrogens with zero attached hydrogens (tertiary/aromatic N) is 3. The quantitative estimate of drug-likeness (QED) is 0.533. The van der Waals surface area contributed by atoms with Gasteiger partial charge in [0.1, 0.15) is 17.6 Å². The number of hydrogen-bond acceptors (Lipinski definition) is 7. The van der Waals surface area contributed by atoms with Gasteiger partial charge in [0.15, 0.2) is 0 Å². The van der Waals surface area contributed by atoms with E-state index in [1.54, 1.807) is 17.7 Å². The molecule has 0 spiro atoms. The highest BCUT2D eigenvalue weighted by atomic mass is 16.5. The van der Waals surface area contributed by atoms with Crippen LogP contribution >= 0.6 is 0 Å². The molecule has 0 unspecified atom stereocenters. The lowest BCUT2D eigenvalue weighted by Gasteiger charge is -2.24. The van der Waals surface area contributed by atoms with E-state index in [4.69, 9.17) is 14.5 Å². The Kier molecular flexibility index (Phi) is 6.68. The fourth-order valence-electron chi connectivity index (χ4n) is 4.59. The van der Waals surface area contributed by atoms with Crippen molar-refractivity contribution in [2.45, 2.75) is 59.2 Å². The summed E-state index contributed by atoms with van der Waals surface area (Å²) in [5.74, 6) is 0.741. The molecule has 178 valence electrons. The summed E-state index contributed by atoms with van der Waals surface area (Å²) in [7, 11) is 1.57. The SMILES string of the molecule is CCc1nc(-c2ccc(OC)nc2C)n(CC)c(=O)c1N[C@H]1c2ccccc2C[C@@H]1OC(C)=O. The predicted octanol–water partition coefficient (Wildman–Crippen LogP) is 3.85. The molecular weight excluding hydrogens is 432 g/mol. The summed E-state index contributed by atoms with van der Waals surface area (Å²) in [5, 5.41) is 3.42. The molecule has 0 amide bonds. The van der Waals surface area contributed by atoms with Gasteiger partial charge in [-0.05, 0) is 37.5 Å². The number of ether oxygens (including phenoxy) is 2. The first-order chi connectivity index (χ1) is 16.4. The normalized spacial score (nSPS) is 16.7. The molecule has 0 bridgehead atoms. The van der Waals surface area contributed by atoms with Gasteiger partial charge in [-0.2, -0.15) is 0 Å². The number of carbonyl (C=O) groups excluding carboxylic acids is 1. The van der Waals surface area contributed by atoms with Crippen molar-refractivity contribution >= 4 is 11.7 Å². The van der Waals surface area contributed by atoms with Crippen LogP contribution in [0.1, 0.15) is 49.3 Å². The van der Waals surface area contributed by atoms with E-state index in [1.165, 1.54) is 6.92 Å². The molecule has 0 saturated carbocycles. The Morgan fingerprint density at radius 3 is 2.59 bits per heavy atom. The zero-order valence-electron chi connectivity index (χ0n) is 20.2. The second kappa shape index (κ2) is 9.67. The number of pyridine rings is 1. The Hall–Kier alpha value is -3.68. The lowest BCUT2D eigenvalue weighted by Crippen LogP contribution is -2.33. The Bertz CT molecular complexity index is 1280. The molecule has 2 aromatic heterocycles. The van der Waals surface area contributed by atoms with E-state index in [-0.39, 0.29) is 17.6 Å². The maximum atomic E-state index is 13.7. The molecule has 1 aliphatic carbocycles. The van der Waals surface area contributed by atoms with Crippen LogP contribution in [0.2, 0.25) is 0 Å². The second-order valence-corrected chi connectivity index (χ2v) is 8.32. The van der Waals surface area contributed by atoms with Crippen molar-refractivity contribution in [3.8, 4) is 17.3 Å². The zero-order valence-corrected chi connectivity index (χ0v) is 20.2. The number of aryl methyl sites for hydroxylation is 2. The molecule has 8 heteroatoms. The molecule has 0 aliphatic heterocycles. The van der Waals surface area contributed by atoms with Gasteiger partial charge >= 0.3 is 5.97 Å². The molecular formula is C26H30N4O4. The van der Waals surface area contributed by atoms with Gasteiger partial charge in [-0.15, -0.1) is 0 Å².